The fraction of sp³-hybridized carbons (Fsp3) is 0.400. The summed E-state index contributed by atoms with van der Waals surface area (Å²) in [5.41, 5.74) is 0.477. The number of benzene rings is 1. The van der Waals surface area contributed by atoms with Crippen molar-refractivity contribution in [1.29, 1.82) is 0 Å². The molecule has 0 unspecified atom stereocenters. The average molecular weight is 353 g/mol. The Morgan fingerprint density at radius 1 is 1.29 bits per heavy atom. The van der Waals surface area contributed by atoms with Crippen LogP contribution in [0.3, 0.4) is 0 Å². The van der Waals surface area contributed by atoms with Gasteiger partial charge in [0.15, 0.2) is 6.61 Å². The van der Waals surface area contributed by atoms with Gasteiger partial charge in [0.2, 0.25) is 0 Å². The van der Waals surface area contributed by atoms with E-state index in [0.29, 0.717) is 12.1 Å². The molecule has 2 rings (SSSR count). The maximum Gasteiger partial charge on any atom is 0.308 e. The third-order valence-electron chi connectivity index (χ3n) is 3.18. The number of ether oxygens (including phenoxy) is 1. The Hall–Kier alpha value is -2.42. The van der Waals surface area contributed by atoms with Gasteiger partial charge >= 0.3 is 5.97 Å². The first-order valence-corrected chi connectivity index (χ1v) is 9.01. The fourth-order valence-electron chi connectivity index (χ4n) is 2.04. The number of esters is 1. The highest BCUT2D eigenvalue weighted by Crippen LogP contribution is 2.22. The van der Waals surface area contributed by atoms with Crippen molar-refractivity contribution in [2.45, 2.75) is 24.7 Å². The van der Waals surface area contributed by atoms with Crippen molar-refractivity contribution in [1.82, 2.24) is 10.0 Å². The zero-order chi connectivity index (χ0) is 17.6. The van der Waals surface area contributed by atoms with Crippen molar-refractivity contribution in [3.8, 4) is 0 Å². The number of nitrogens with one attached hydrogen (secondary N) is 2. The van der Waals surface area contributed by atoms with Crippen LogP contribution < -0.4 is 10.0 Å². The smallest absolute Gasteiger partial charge is 0.308 e. The van der Waals surface area contributed by atoms with Gasteiger partial charge in [-0.2, -0.15) is 0 Å². The summed E-state index contributed by atoms with van der Waals surface area (Å²) < 4.78 is 31.0. The van der Waals surface area contributed by atoms with E-state index in [2.05, 4.69) is 15.0 Å². The number of amides is 1. The van der Waals surface area contributed by atoms with Gasteiger partial charge in [-0.3, -0.25) is 19.3 Å². The van der Waals surface area contributed by atoms with Crippen molar-refractivity contribution < 1.29 is 22.7 Å². The molecule has 130 valence electrons. The second-order valence-electron chi connectivity index (χ2n) is 5.09. The molecule has 0 fully saturated rings. The Morgan fingerprint density at radius 3 is 2.79 bits per heavy atom. The maximum absolute atomic E-state index is 11.9. The summed E-state index contributed by atoms with van der Waals surface area (Å²) in [7, 11) is -3.59. The van der Waals surface area contributed by atoms with E-state index in [-0.39, 0.29) is 36.2 Å². The highest BCUT2D eigenvalue weighted by molar-refractivity contribution is 7.90. The van der Waals surface area contributed by atoms with E-state index in [4.69, 9.17) is 4.74 Å². The normalized spacial score (nSPS) is 16.3. The van der Waals surface area contributed by atoms with Crippen LogP contribution in [0.4, 0.5) is 0 Å². The Balaban J connectivity index is 1.85. The second-order valence-corrected chi connectivity index (χ2v) is 6.74. The molecule has 0 radical (unpaired) electrons. The van der Waals surface area contributed by atoms with Gasteiger partial charge in [0.25, 0.3) is 15.9 Å². The van der Waals surface area contributed by atoms with E-state index in [9.17, 15) is 18.0 Å². The van der Waals surface area contributed by atoms with Gasteiger partial charge < -0.3 is 10.1 Å². The molecular formula is C15H19N3O5S. The molecule has 1 aliphatic heterocycles. The SMILES string of the molecule is CCCNC(=O)COC(=O)CCN=C1NS(=O)(=O)c2ccccc21. The molecule has 0 saturated heterocycles. The highest BCUT2D eigenvalue weighted by atomic mass is 32.2. The molecule has 1 amide bonds. The van der Waals surface area contributed by atoms with Crippen molar-refractivity contribution in [3.05, 3.63) is 29.8 Å². The molecule has 1 aliphatic rings. The molecule has 9 heteroatoms. The lowest BCUT2D eigenvalue weighted by atomic mass is 10.2. The lowest BCUT2D eigenvalue weighted by molar-refractivity contribution is -0.148. The molecule has 0 spiro atoms. The van der Waals surface area contributed by atoms with Crippen molar-refractivity contribution in [2.75, 3.05) is 19.7 Å². The first kappa shape index (κ1) is 17.9. The van der Waals surface area contributed by atoms with Gasteiger partial charge in [-0.25, -0.2) is 8.42 Å². The van der Waals surface area contributed by atoms with E-state index >= 15 is 0 Å². The van der Waals surface area contributed by atoms with E-state index in [1.54, 1.807) is 18.2 Å². The van der Waals surface area contributed by atoms with Gasteiger partial charge in [0.05, 0.1) is 17.9 Å². The van der Waals surface area contributed by atoms with Gasteiger partial charge in [-0.15, -0.1) is 0 Å². The quantitative estimate of drug-likeness (QED) is 0.679. The minimum absolute atomic E-state index is 0.0472. The predicted molar refractivity (Wildman–Crippen MR) is 87.0 cm³/mol. The number of amidine groups is 1. The van der Waals surface area contributed by atoms with Crippen LogP contribution >= 0.6 is 0 Å². The standard InChI is InChI=1S/C15H19N3O5S/c1-2-8-16-13(19)10-23-14(20)7-9-17-15-11-5-3-4-6-12(11)24(21,22)18-15/h3-6H,2,7-10H2,1H3,(H,16,19)(H,17,18). The van der Waals surface area contributed by atoms with Crippen LogP contribution in [-0.4, -0.2) is 45.8 Å². The van der Waals surface area contributed by atoms with Gasteiger partial charge in [-0.05, 0) is 18.6 Å². The molecule has 0 atom stereocenters. The summed E-state index contributed by atoms with van der Waals surface area (Å²) in [4.78, 5) is 27.1. The molecule has 1 aromatic rings. The van der Waals surface area contributed by atoms with Crippen LogP contribution in [0.15, 0.2) is 34.2 Å². The number of fused-ring (bicyclic) bond motifs is 1. The molecule has 0 aliphatic carbocycles. The van der Waals surface area contributed by atoms with Crippen LogP contribution in [0, 0.1) is 0 Å². The first-order valence-electron chi connectivity index (χ1n) is 7.53. The van der Waals surface area contributed by atoms with Crippen LogP contribution in [0.5, 0.6) is 0 Å². The van der Waals surface area contributed by atoms with Crippen LogP contribution in [0.25, 0.3) is 0 Å². The summed E-state index contributed by atoms with van der Waals surface area (Å²) in [6, 6.07) is 6.47. The summed E-state index contributed by atoms with van der Waals surface area (Å²) >= 11 is 0. The Bertz CT molecular complexity index is 758. The minimum atomic E-state index is -3.59. The molecule has 0 aromatic heterocycles. The number of aliphatic imine (C=N–C) groups is 1. The maximum atomic E-state index is 11.9. The highest BCUT2D eigenvalue weighted by Gasteiger charge is 2.29. The molecule has 1 heterocycles. The number of carbonyl (C=O) groups is 2. The zero-order valence-corrected chi connectivity index (χ0v) is 14.1. The molecular weight excluding hydrogens is 334 g/mol. The molecule has 0 bridgehead atoms. The monoisotopic (exact) mass is 353 g/mol. The van der Waals surface area contributed by atoms with Crippen molar-refractivity contribution in [3.63, 3.8) is 0 Å². The number of sulfonamides is 1. The van der Waals surface area contributed by atoms with Crippen LogP contribution in [0.2, 0.25) is 0 Å². The Labute approximate surface area is 140 Å². The van der Waals surface area contributed by atoms with Crippen molar-refractivity contribution >= 4 is 27.7 Å². The Kier molecular flexibility index (Phi) is 5.91. The number of hydrogen-bond acceptors (Lipinski definition) is 6. The van der Waals surface area contributed by atoms with Gasteiger partial charge in [-0.1, -0.05) is 19.1 Å². The summed E-state index contributed by atoms with van der Waals surface area (Å²) in [5.74, 6) is -0.715. The predicted octanol–water partition coefficient (Wildman–Crippen LogP) is 0.185. The molecule has 24 heavy (non-hydrogen) atoms. The number of nitrogens with zero attached hydrogens (tertiary/aromatic N) is 1. The lowest BCUT2D eigenvalue weighted by Crippen LogP contribution is -2.29. The molecule has 0 saturated carbocycles. The topological polar surface area (TPSA) is 114 Å². The molecule has 2 N–H and O–H groups in total. The number of carbonyl (C=O) groups excluding carboxylic acids is 2. The second kappa shape index (κ2) is 7.91. The van der Waals surface area contributed by atoms with E-state index in [1.165, 1.54) is 6.07 Å². The minimum Gasteiger partial charge on any atom is -0.456 e. The largest absolute Gasteiger partial charge is 0.456 e. The number of rotatable bonds is 7. The summed E-state index contributed by atoms with van der Waals surface area (Å²) in [5, 5.41) is 2.59. The first-order chi connectivity index (χ1) is 11.4. The van der Waals surface area contributed by atoms with Crippen LogP contribution in [-0.2, 0) is 24.3 Å². The third kappa shape index (κ3) is 4.54. The van der Waals surface area contributed by atoms with Gasteiger partial charge in [0.1, 0.15) is 5.84 Å². The van der Waals surface area contributed by atoms with Crippen molar-refractivity contribution in [2.24, 2.45) is 4.99 Å². The van der Waals surface area contributed by atoms with Gasteiger partial charge in [0, 0.05) is 12.1 Å². The zero-order valence-electron chi connectivity index (χ0n) is 13.2. The molecule has 1 aromatic carbocycles. The van der Waals surface area contributed by atoms with Crippen LogP contribution in [0.1, 0.15) is 25.3 Å². The average Bonchev–Trinajstić information content (AvgIpc) is 2.82. The van der Waals surface area contributed by atoms with E-state index in [0.717, 1.165) is 6.42 Å². The Morgan fingerprint density at radius 2 is 2.04 bits per heavy atom. The number of hydrogen-bond donors (Lipinski definition) is 2. The molecule has 8 nitrogen and oxygen atoms in total. The summed E-state index contributed by atoms with van der Waals surface area (Å²) in [6.45, 7) is 2.18. The lowest BCUT2D eigenvalue weighted by Gasteiger charge is -2.05. The van der Waals surface area contributed by atoms with E-state index in [1.807, 2.05) is 6.92 Å². The third-order valence-corrected chi connectivity index (χ3v) is 4.58. The summed E-state index contributed by atoms with van der Waals surface area (Å²) in [6.07, 6.45) is 0.753. The van der Waals surface area contributed by atoms with E-state index < -0.39 is 16.0 Å². The fourth-order valence-corrected chi connectivity index (χ4v) is 3.29.